The number of ether oxygens (including phenoxy) is 3. The van der Waals surface area contributed by atoms with Crippen LogP contribution in [0.3, 0.4) is 0 Å². The van der Waals surface area contributed by atoms with Crippen LogP contribution >= 0.6 is 0 Å². The third kappa shape index (κ3) is 9.42. The number of hydrogen-bond acceptors (Lipinski definition) is 12. The van der Waals surface area contributed by atoms with Crippen molar-refractivity contribution in [1.82, 2.24) is 34.2 Å². The lowest BCUT2D eigenvalue weighted by atomic mass is 10.0. The first-order valence-electron chi connectivity index (χ1n) is 20.2. The van der Waals surface area contributed by atoms with E-state index in [1.165, 1.54) is 27.5 Å². The van der Waals surface area contributed by atoms with Crippen LogP contribution in [0.2, 0.25) is 0 Å². The molecule has 63 heavy (non-hydrogen) atoms. The van der Waals surface area contributed by atoms with Gasteiger partial charge < -0.3 is 29.4 Å². The zero-order valence-corrected chi connectivity index (χ0v) is 36.1. The second kappa shape index (κ2) is 18.1. The van der Waals surface area contributed by atoms with Gasteiger partial charge in [0.15, 0.2) is 17.4 Å². The number of nitrogens with one attached hydrogen (secondary N) is 2. The third-order valence-corrected chi connectivity index (χ3v) is 12.5. The fourth-order valence-corrected chi connectivity index (χ4v) is 8.83. The summed E-state index contributed by atoms with van der Waals surface area (Å²) in [6, 6.07) is 13.4. The molecule has 3 aromatic carbocycles. The van der Waals surface area contributed by atoms with Gasteiger partial charge in [-0.05, 0) is 62.9 Å². The number of aromatic nitrogens is 4. The van der Waals surface area contributed by atoms with Crippen molar-refractivity contribution in [2.45, 2.75) is 62.3 Å². The van der Waals surface area contributed by atoms with Gasteiger partial charge in [0.2, 0.25) is 15.7 Å². The molecule has 2 aliphatic heterocycles. The van der Waals surface area contributed by atoms with Crippen molar-refractivity contribution in [3.05, 3.63) is 106 Å². The number of amides is 4. The van der Waals surface area contributed by atoms with Crippen LogP contribution in [-0.2, 0) is 51.1 Å². The molecule has 0 bridgehead atoms. The lowest BCUT2D eigenvalue weighted by Gasteiger charge is -2.29. The van der Waals surface area contributed by atoms with E-state index in [0.29, 0.717) is 71.8 Å². The van der Waals surface area contributed by atoms with Gasteiger partial charge in [-0.1, -0.05) is 25.1 Å². The number of unbranched alkanes of at least 4 members (excludes halogenated alkanes) is 2. The minimum atomic E-state index is -3.91. The monoisotopic (exact) mass is 881 g/mol. The number of nitrogens with zero attached hydrogens (tertiary/aromatic N) is 5. The largest absolute Gasteiger partial charge is 0.485 e. The molecule has 4 heterocycles. The number of fused-ring (bicyclic) bond motifs is 2. The van der Waals surface area contributed by atoms with E-state index in [2.05, 4.69) is 22.2 Å². The fraction of sp³-hybridized carbons (Fsp3) is 0.341. The minimum Gasteiger partial charge on any atom is -0.485 e. The highest BCUT2D eigenvalue weighted by Gasteiger charge is 2.45. The number of imide groups is 1. The summed E-state index contributed by atoms with van der Waals surface area (Å²) >= 11 is 0. The maximum atomic E-state index is 13.5. The van der Waals surface area contributed by atoms with Crippen molar-refractivity contribution in [3.63, 3.8) is 0 Å². The normalized spacial score (nSPS) is 15.1. The van der Waals surface area contributed by atoms with Gasteiger partial charge >= 0.3 is 5.69 Å². The van der Waals surface area contributed by atoms with E-state index in [9.17, 15) is 37.2 Å². The van der Waals surface area contributed by atoms with Crippen molar-refractivity contribution in [1.29, 1.82) is 0 Å². The second-order valence-electron chi connectivity index (χ2n) is 15.5. The number of carbonyl (C=O) groups excluding carboxylic acids is 5. The lowest BCUT2D eigenvalue weighted by Crippen LogP contribution is -2.51. The first-order chi connectivity index (χ1) is 30.0. The van der Waals surface area contributed by atoms with E-state index in [-0.39, 0.29) is 71.1 Å². The van der Waals surface area contributed by atoms with Gasteiger partial charge in [-0.15, -0.1) is 0 Å². The van der Waals surface area contributed by atoms with Crippen LogP contribution in [0, 0.1) is 6.92 Å². The Morgan fingerprint density at radius 3 is 2.35 bits per heavy atom. The van der Waals surface area contributed by atoms with Gasteiger partial charge in [-0.25, -0.2) is 18.2 Å². The lowest BCUT2D eigenvalue weighted by molar-refractivity contribution is -0.125. The molecule has 4 amide bonds. The average molecular weight is 882 g/mol. The Hall–Kier alpha value is -7.02. The molecule has 330 valence electrons. The number of rotatable bonds is 18. The van der Waals surface area contributed by atoms with E-state index in [1.807, 2.05) is 0 Å². The molecule has 0 saturated carbocycles. The van der Waals surface area contributed by atoms with Gasteiger partial charge in [0, 0.05) is 63.7 Å². The van der Waals surface area contributed by atoms with Crippen LogP contribution < -0.4 is 30.5 Å². The summed E-state index contributed by atoms with van der Waals surface area (Å²) < 4.78 is 49.1. The summed E-state index contributed by atoms with van der Waals surface area (Å²) in [5, 5.41) is 5.31. The molecule has 1 unspecified atom stereocenters. The molecule has 2 aromatic heterocycles. The topological polar surface area (TPSA) is 219 Å². The van der Waals surface area contributed by atoms with Crippen LogP contribution in [0.1, 0.15) is 70.6 Å². The van der Waals surface area contributed by atoms with Crippen LogP contribution in [0.15, 0.2) is 82.9 Å². The molecule has 0 radical (unpaired) electrons. The zero-order valence-electron chi connectivity index (χ0n) is 35.3. The fourth-order valence-electron chi connectivity index (χ4n) is 7.45. The zero-order chi connectivity index (χ0) is 45.2. The Morgan fingerprint density at radius 1 is 0.889 bits per heavy atom. The number of aryl methyl sites for hydroxylation is 4. The Kier molecular flexibility index (Phi) is 12.7. The predicted molar refractivity (Wildman–Crippen MR) is 228 cm³/mol. The molecule has 7 rings (SSSR count). The molecule has 1 saturated heterocycles. The molecule has 0 spiro atoms. The van der Waals surface area contributed by atoms with Crippen molar-refractivity contribution < 1.29 is 46.6 Å². The van der Waals surface area contributed by atoms with Crippen molar-refractivity contribution >= 4 is 50.3 Å². The number of ketones is 1. The highest BCUT2D eigenvalue weighted by molar-refractivity contribution is 7.90. The quantitative estimate of drug-likeness (QED) is 0.0950. The number of carbonyl (C=O) groups is 5. The molecule has 19 heteroatoms. The summed E-state index contributed by atoms with van der Waals surface area (Å²) in [5.41, 5.74) is 1.76. The summed E-state index contributed by atoms with van der Waals surface area (Å²) in [4.78, 5) is 82.1. The van der Waals surface area contributed by atoms with Crippen molar-refractivity contribution in [2.75, 3.05) is 19.8 Å². The highest BCUT2D eigenvalue weighted by atomic mass is 32.2. The van der Waals surface area contributed by atoms with Crippen LogP contribution in [0.25, 0.3) is 11.0 Å². The minimum absolute atomic E-state index is 0.0284. The Morgan fingerprint density at radius 2 is 1.62 bits per heavy atom. The van der Waals surface area contributed by atoms with E-state index in [4.69, 9.17) is 14.2 Å². The molecule has 5 aromatic rings. The summed E-state index contributed by atoms with van der Waals surface area (Å²) in [6.45, 7) is 5.19. The van der Waals surface area contributed by atoms with Crippen LogP contribution in [0.4, 0.5) is 0 Å². The first kappa shape index (κ1) is 44.0. The summed E-state index contributed by atoms with van der Waals surface area (Å²) in [5.74, 6) is -1.25. The first-order valence-corrected chi connectivity index (χ1v) is 21.9. The Bertz CT molecular complexity index is 2840. The second-order valence-corrected chi connectivity index (χ2v) is 17.4. The van der Waals surface area contributed by atoms with E-state index in [0.717, 1.165) is 4.90 Å². The molecule has 2 aliphatic rings. The number of hydrogen-bond donors (Lipinski definition) is 2. The van der Waals surface area contributed by atoms with E-state index >= 15 is 0 Å². The third-order valence-electron chi connectivity index (χ3n) is 11.0. The van der Waals surface area contributed by atoms with Gasteiger partial charge in [0.25, 0.3) is 17.7 Å². The maximum absolute atomic E-state index is 13.5. The summed E-state index contributed by atoms with van der Waals surface area (Å²) in [6.07, 6.45) is 4.12. The molecular weight excluding hydrogens is 835 g/mol. The van der Waals surface area contributed by atoms with E-state index < -0.39 is 39.4 Å². The summed E-state index contributed by atoms with van der Waals surface area (Å²) in [7, 11) is 1.02. The Labute approximate surface area is 362 Å². The SMILES string of the molecule is C=C1CCC(N2C(=O)c3cccc(OCC(=O)CCCCCNC(=O)COc4cccc(Oc5cc6c(cc5CS(=O)(=O)c5cn(C)c(C)n5)n(C)c(=O)n6C)c4)c3C2=O)C(=O)N1. The molecular formula is C44H47N7O11S. The molecule has 2 N–H and O–H groups in total. The number of benzene rings is 3. The van der Waals surface area contributed by atoms with Gasteiger partial charge in [-0.2, -0.15) is 0 Å². The number of sulfone groups is 1. The van der Waals surface area contributed by atoms with Crippen molar-refractivity contribution in [2.24, 2.45) is 21.1 Å². The van der Waals surface area contributed by atoms with Gasteiger partial charge in [0.1, 0.15) is 41.5 Å². The molecule has 18 nitrogen and oxygen atoms in total. The molecule has 1 fully saturated rings. The number of Topliss-reactive ketones (excluding diaryl/α,β-unsaturated/α-hetero) is 1. The predicted octanol–water partition coefficient (Wildman–Crippen LogP) is 3.78. The Balaban J connectivity index is 0.863. The number of piperidine rings is 1. The average Bonchev–Trinajstić information content (AvgIpc) is 3.80. The van der Waals surface area contributed by atoms with Gasteiger partial charge in [0.05, 0.1) is 27.9 Å². The van der Waals surface area contributed by atoms with Crippen LogP contribution in [0.5, 0.6) is 23.0 Å². The van der Waals surface area contributed by atoms with Gasteiger partial charge in [-0.3, -0.25) is 38.0 Å². The maximum Gasteiger partial charge on any atom is 0.328 e. The highest BCUT2D eigenvalue weighted by Crippen LogP contribution is 2.35. The van der Waals surface area contributed by atoms with Crippen LogP contribution in [-0.4, -0.2) is 87.2 Å². The van der Waals surface area contributed by atoms with E-state index in [1.54, 1.807) is 75.1 Å². The smallest absolute Gasteiger partial charge is 0.328 e. The number of allylic oxidation sites excluding steroid dienone is 1. The molecule has 0 aliphatic carbocycles. The van der Waals surface area contributed by atoms with Crippen molar-refractivity contribution in [3.8, 4) is 23.0 Å². The molecule has 1 atom stereocenters. The standard InChI is InChI=1S/C44H47N7O11S/c1-26-16-17-33(41(54)46-26)51-42(55)32-14-10-15-36(40(32)43(51)56)61-23-29(52)11-7-6-8-18-45-38(53)24-60-30-12-9-13-31(20-30)62-37-21-35-34(49(4)44(57)50(35)5)19-28(37)25-63(58,59)39-22-48(3)27(2)47-39/h9-10,12-15,19-22,33H,1,6-8,11,16-18,23-25H2,2-5H3,(H,45,53)(H,46,54). The number of imidazole rings is 2.